The van der Waals surface area contributed by atoms with E-state index in [0.717, 1.165) is 0 Å². The first kappa shape index (κ1) is 15.1. The largest absolute Gasteiger partial charge is 0.473 e. The lowest BCUT2D eigenvalue weighted by Crippen LogP contribution is -2.46. The number of carbonyl (C=O) groups excluding carboxylic acids is 1. The van der Waals surface area contributed by atoms with E-state index in [1.807, 2.05) is 0 Å². The maximum absolute atomic E-state index is 12.3. The molecule has 0 unspecified atom stereocenters. The zero-order chi connectivity index (χ0) is 15.6. The van der Waals surface area contributed by atoms with Gasteiger partial charge in [-0.15, -0.1) is 5.10 Å². The summed E-state index contributed by atoms with van der Waals surface area (Å²) >= 11 is 5.73. The molecule has 0 aliphatic heterocycles. The third kappa shape index (κ3) is 3.44. The first-order valence-electron chi connectivity index (χ1n) is 5.40. The van der Waals surface area contributed by atoms with Gasteiger partial charge in [-0.3, -0.25) is 4.79 Å². The highest BCUT2D eigenvalue weighted by Crippen LogP contribution is 2.22. The molecule has 0 spiro atoms. The molecule has 6 nitrogen and oxygen atoms in total. The number of hydrogen-bond donors (Lipinski definition) is 1. The van der Waals surface area contributed by atoms with Crippen LogP contribution in [0.4, 0.5) is 19.1 Å². The normalized spacial score (nSPS) is 11.3. The Bertz CT molecular complexity index is 662. The van der Waals surface area contributed by atoms with Crippen LogP contribution < -0.4 is 10.9 Å². The van der Waals surface area contributed by atoms with Crippen LogP contribution >= 0.6 is 11.6 Å². The van der Waals surface area contributed by atoms with E-state index in [1.54, 1.807) is 24.3 Å². The number of halogens is 4. The molecule has 0 saturated carbocycles. The molecule has 10 heteroatoms. The van der Waals surface area contributed by atoms with Crippen molar-refractivity contribution in [2.24, 2.45) is 5.84 Å². The van der Waals surface area contributed by atoms with Crippen LogP contribution in [0.5, 0.6) is 0 Å². The number of carbonyl (C=O) groups is 1. The zero-order valence-electron chi connectivity index (χ0n) is 10.2. The molecule has 1 aromatic heterocycles. The Hall–Kier alpha value is -2.26. The van der Waals surface area contributed by atoms with Crippen molar-refractivity contribution in [3.8, 4) is 11.3 Å². The van der Waals surface area contributed by atoms with Crippen molar-refractivity contribution in [2.75, 3.05) is 5.01 Å². The van der Waals surface area contributed by atoms with E-state index < -0.39 is 18.0 Å². The van der Waals surface area contributed by atoms with Gasteiger partial charge in [0.2, 0.25) is 0 Å². The summed E-state index contributed by atoms with van der Waals surface area (Å²) in [6.45, 7) is 0. The van der Waals surface area contributed by atoms with Crippen LogP contribution in [0.25, 0.3) is 11.3 Å². The number of hydrogen-bond acceptors (Lipinski definition) is 5. The Kier molecular flexibility index (Phi) is 4.05. The number of anilines is 1. The molecule has 0 aliphatic rings. The van der Waals surface area contributed by atoms with Crippen molar-refractivity contribution in [3.05, 3.63) is 35.5 Å². The monoisotopic (exact) mass is 317 g/mol. The second-order valence-corrected chi connectivity index (χ2v) is 4.26. The molecule has 1 aromatic carbocycles. The first-order valence-corrected chi connectivity index (χ1v) is 5.78. The van der Waals surface area contributed by atoms with Crippen LogP contribution in [0.15, 0.2) is 30.5 Å². The smallest absolute Gasteiger partial charge is 0.262 e. The Morgan fingerprint density at radius 1 is 1.24 bits per heavy atom. The van der Waals surface area contributed by atoms with E-state index in [-0.39, 0.29) is 10.7 Å². The van der Waals surface area contributed by atoms with Gasteiger partial charge in [0.25, 0.3) is 5.95 Å². The molecule has 2 N–H and O–H groups in total. The van der Waals surface area contributed by atoms with Crippen molar-refractivity contribution in [1.82, 2.24) is 15.2 Å². The maximum atomic E-state index is 12.3. The molecule has 0 atom stereocenters. The minimum Gasteiger partial charge on any atom is -0.262 e. The molecule has 1 amide bonds. The fraction of sp³-hybridized carbons (Fsp3) is 0.0909. The van der Waals surface area contributed by atoms with Gasteiger partial charge in [-0.1, -0.05) is 23.7 Å². The Morgan fingerprint density at radius 3 is 2.43 bits per heavy atom. The highest BCUT2D eigenvalue weighted by Gasteiger charge is 2.43. The molecule has 0 fully saturated rings. The van der Waals surface area contributed by atoms with Gasteiger partial charge in [0.1, 0.15) is 0 Å². The standard InChI is InChI=1S/C11H7ClF3N5O/c12-7-3-1-6(2-4-7)8-5-17-19-10(18-8)20(16)9(21)11(13,14)15/h1-5H,16H2. The molecule has 0 bridgehead atoms. The van der Waals surface area contributed by atoms with E-state index in [0.29, 0.717) is 10.6 Å². The van der Waals surface area contributed by atoms with Crippen molar-refractivity contribution < 1.29 is 18.0 Å². The average Bonchev–Trinajstić information content (AvgIpc) is 2.45. The number of hydrazine groups is 1. The van der Waals surface area contributed by atoms with Gasteiger partial charge in [-0.2, -0.15) is 18.3 Å². The summed E-state index contributed by atoms with van der Waals surface area (Å²) in [5.41, 5.74) is 0.727. The molecule has 1 heterocycles. The first-order chi connectivity index (χ1) is 9.79. The Labute approximate surface area is 121 Å². The summed E-state index contributed by atoms with van der Waals surface area (Å²) in [4.78, 5) is 14.8. The average molecular weight is 318 g/mol. The predicted molar refractivity (Wildman–Crippen MR) is 68.0 cm³/mol. The van der Waals surface area contributed by atoms with Crippen LogP contribution in [-0.4, -0.2) is 27.3 Å². The van der Waals surface area contributed by atoms with Crippen LogP contribution in [0.2, 0.25) is 5.02 Å². The van der Waals surface area contributed by atoms with E-state index >= 15 is 0 Å². The van der Waals surface area contributed by atoms with Crippen molar-refractivity contribution in [3.63, 3.8) is 0 Å². The number of aromatic nitrogens is 3. The van der Waals surface area contributed by atoms with Crippen LogP contribution in [0.3, 0.4) is 0 Å². The van der Waals surface area contributed by atoms with E-state index in [2.05, 4.69) is 15.2 Å². The third-order valence-corrected chi connectivity index (χ3v) is 2.62. The van der Waals surface area contributed by atoms with Crippen molar-refractivity contribution in [1.29, 1.82) is 0 Å². The van der Waals surface area contributed by atoms with E-state index in [9.17, 15) is 18.0 Å². The molecule has 0 aliphatic carbocycles. The minimum absolute atomic E-state index is 0.196. The summed E-state index contributed by atoms with van der Waals surface area (Å²) in [5, 5.41) is 7.07. The van der Waals surface area contributed by atoms with Gasteiger partial charge < -0.3 is 0 Å². The van der Waals surface area contributed by atoms with Gasteiger partial charge in [0.05, 0.1) is 11.9 Å². The lowest BCUT2D eigenvalue weighted by Gasteiger charge is -2.15. The zero-order valence-corrected chi connectivity index (χ0v) is 10.9. The SMILES string of the molecule is NN(C(=O)C(F)(F)F)c1nncc(-c2ccc(Cl)cc2)n1. The number of alkyl halides is 3. The van der Waals surface area contributed by atoms with Crippen LogP contribution in [0, 0.1) is 0 Å². The molecule has 110 valence electrons. The lowest BCUT2D eigenvalue weighted by atomic mass is 10.2. The number of nitrogens with two attached hydrogens (primary N) is 1. The highest BCUT2D eigenvalue weighted by atomic mass is 35.5. The Morgan fingerprint density at radius 2 is 1.86 bits per heavy atom. The van der Waals surface area contributed by atoms with E-state index in [1.165, 1.54) is 6.20 Å². The fourth-order valence-electron chi connectivity index (χ4n) is 1.38. The predicted octanol–water partition coefficient (Wildman–Crippen LogP) is 1.96. The fourth-order valence-corrected chi connectivity index (χ4v) is 1.51. The molecule has 2 rings (SSSR count). The van der Waals surface area contributed by atoms with Gasteiger partial charge in [-0.05, 0) is 12.1 Å². The van der Waals surface area contributed by atoms with Crippen LogP contribution in [0.1, 0.15) is 0 Å². The third-order valence-electron chi connectivity index (χ3n) is 2.36. The minimum atomic E-state index is -5.13. The molecular formula is C11H7ClF3N5O. The molecular weight excluding hydrogens is 311 g/mol. The number of amides is 1. The highest BCUT2D eigenvalue weighted by molar-refractivity contribution is 6.30. The molecule has 2 aromatic rings. The summed E-state index contributed by atoms with van der Waals surface area (Å²) in [5.74, 6) is 2.12. The van der Waals surface area contributed by atoms with E-state index in [4.69, 9.17) is 17.4 Å². The number of rotatable bonds is 2. The van der Waals surface area contributed by atoms with Crippen molar-refractivity contribution in [2.45, 2.75) is 6.18 Å². The maximum Gasteiger partial charge on any atom is 0.473 e. The quantitative estimate of drug-likeness (QED) is 0.520. The van der Waals surface area contributed by atoms with Gasteiger partial charge in [0, 0.05) is 10.6 Å². The molecule has 0 saturated heterocycles. The summed E-state index contributed by atoms with van der Waals surface area (Å²) in [6, 6.07) is 6.31. The molecule has 21 heavy (non-hydrogen) atoms. The second kappa shape index (κ2) is 5.62. The van der Waals surface area contributed by atoms with Gasteiger partial charge in [-0.25, -0.2) is 15.8 Å². The second-order valence-electron chi connectivity index (χ2n) is 3.82. The lowest BCUT2D eigenvalue weighted by molar-refractivity contribution is -0.170. The Balaban J connectivity index is 2.34. The number of nitrogens with zero attached hydrogens (tertiary/aromatic N) is 4. The van der Waals surface area contributed by atoms with Crippen molar-refractivity contribution >= 4 is 23.5 Å². The summed E-state index contributed by atoms with van der Waals surface area (Å²) < 4.78 is 36.9. The van der Waals surface area contributed by atoms with Gasteiger partial charge in [0.15, 0.2) is 0 Å². The summed E-state index contributed by atoms with van der Waals surface area (Å²) in [7, 11) is 0. The molecule has 0 radical (unpaired) electrons. The topological polar surface area (TPSA) is 85.0 Å². The number of benzene rings is 1. The summed E-state index contributed by atoms with van der Waals surface area (Å²) in [6.07, 6.45) is -3.91. The van der Waals surface area contributed by atoms with Crippen LogP contribution in [-0.2, 0) is 4.79 Å². The van der Waals surface area contributed by atoms with Gasteiger partial charge >= 0.3 is 12.1 Å².